The van der Waals surface area contributed by atoms with Crippen molar-refractivity contribution in [2.45, 2.75) is 40.0 Å². The fourth-order valence-corrected chi connectivity index (χ4v) is 3.03. The first-order valence-electron chi connectivity index (χ1n) is 8.44. The lowest BCUT2D eigenvalue weighted by molar-refractivity contribution is 0.0542. The molecule has 1 aliphatic rings. The molecule has 5 heteroatoms. The number of nitrogens with zero attached hydrogens (tertiary/aromatic N) is 1. The zero-order valence-corrected chi connectivity index (χ0v) is 14.4. The third-order valence-corrected chi connectivity index (χ3v) is 4.95. The van der Waals surface area contributed by atoms with Crippen LogP contribution in [0, 0.1) is 12.3 Å². The van der Waals surface area contributed by atoms with Crippen molar-refractivity contribution in [3.05, 3.63) is 23.8 Å². The number of nitrogens with one attached hydrogen (secondary N) is 1. The van der Waals surface area contributed by atoms with Crippen LogP contribution in [-0.2, 0) is 0 Å². The number of aliphatic hydroxyl groups excluding tert-OH is 1. The lowest BCUT2D eigenvalue weighted by Crippen LogP contribution is -2.46. The first kappa shape index (κ1) is 17.6. The third kappa shape index (κ3) is 4.16. The van der Waals surface area contributed by atoms with Gasteiger partial charge in [0.1, 0.15) is 5.75 Å². The lowest BCUT2D eigenvalue weighted by Gasteiger charge is -2.40. The van der Waals surface area contributed by atoms with E-state index >= 15 is 0 Å². The van der Waals surface area contributed by atoms with Gasteiger partial charge in [-0.25, -0.2) is 4.79 Å². The molecule has 0 unspecified atom stereocenters. The SMILES string of the molecule is CCOc1ccc(NC(=O)N2CCC(CC)(CO)CC2)c(C)c1. The number of rotatable bonds is 5. The highest BCUT2D eigenvalue weighted by atomic mass is 16.5. The zero-order valence-electron chi connectivity index (χ0n) is 14.4. The van der Waals surface area contributed by atoms with E-state index < -0.39 is 0 Å². The number of benzene rings is 1. The van der Waals surface area contributed by atoms with Crippen molar-refractivity contribution in [2.24, 2.45) is 5.41 Å². The third-order valence-electron chi connectivity index (χ3n) is 4.95. The maximum atomic E-state index is 12.4. The first-order chi connectivity index (χ1) is 11.0. The maximum absolute atomic E-state index is 12.4. The highest BCUT2D eigenvalue weighted by molar-refractivity contribution is 5.90. The molecule has 0 aliphatic carbocycles. The highest BCUT2D eigenvalue weighted by Gasteiger charge is 2.33. The minimum atomic E-state index is -0.0695. The number of aliphatic hydroxyl groups is 1. The van der Waals surface area contributed by atoms with E-state index in [0.717, 1.165) is 36.3 Å². The Labute approximate surface area is 138 Å². The van der Waals surface area contributed by atoms with Crippen molar-refractivity contribution in [3.8, 4) is 5.75 Å². The molecular weight excluding hydrogens is 292 g/mol. The van der Waals surface area contributed by atoms with Crippen molar-refractivity contribution in [2.75, 3.05) is 31.6 Å². The van der Waals surface area contributed by atoms with Crippen LogP contribution in [0.15, 0.2) is 18.2 Å². The Morgan fingerprint density at radius 3 is 2.57 bits per heavy atom. The van der Waals surface area contributed by atoms with Crippen LogP contribution in [-0.4, -0.2) is 42.3 Å². The van der Waals surface area contributed by atoms with Crippen LogP contribution >= 0.6 is 0 Å². The number of urea groups is 1. The Bertz CT molecular complexity index is 531. The van der Waals surface area contributed by atoms with Crippen LogP contribution in [0.5, 0.6) is 5.75 Å². The van der Waals surface area contributed by atoms with Crippen LogP contribution in [0.1, 0.15) is 38.7 Å². The monoisotopic (exact) mass is 320 g/mol. The minimum absolute atomic E-state index is 0.00810. The second-order valence-electron chi connectivity index (χ2n) is 6.34. The van der Waals surface area contributed by atoms with Crippen molar-refractivity contribution >= 4 is 11.7 Å². The molecule has 1 heterocycles. The Kier molecular flexibility index (Phi) is 5.88. The molecule has 128 valence electrons. The molecule has 0 atom stereocenters. The number of piperidine rings is 1. The Balaban J connectivity index is 1.95. The number of aryl methyl sites for hydroxylation is 1. The predicted octanol–water partition coefficient (Wildman–Crippen LogP) is 3.41. The van der Waals surface area contributed by atoms with E-state index in [4.69, 9.17) is 4.74 Å². The van der Waals surface area contributed by atoms with E-state index in [9.17, 15) is 9.90 Å². The number of hydrogen-bond acceptors (Lipinski definition) is 3. The van der Waals surface area contributed by atoms with Crippen molar-refractivity contribution in [1.82, 2.24) is 4.90 Å². The Morgan fingerprint density at radius 1 is 1.35 bits per heavy atom. The van der Waals surface area contributed by atoms with Gasteiger partial charge in [0.2, 0.25) is 0 Å². The lowest BCUT2D eigenvalue weighted by atomic mass is 9.77. The summed E-state index contributed by atoms with van der Waals surface area (Å²) in [5.74, 6) is 0.816. The number of likely N-dealkylation sites (tertiary alicyclic amines) is 1. The molecule has 1 aromatic carbocycles. The van der Waals surface area contributed by atoms with Gasteiger partial charge >= 0.3 is 6.03 Å². The Morgan fingerprint density at radius 2 is 2.04 bits per heavy atom. The normalized spacial score (nSPS) is 17.0. The fourth-order valence-electron chi connectivity index (χ4n) is 3.03. The second kappa shape index (κ2) is 7.68. The molecule has 2 amide bonds. The molecule has 1 aromatic rings. The molecule has 1 aliphatic heterocycles. The molecule has 0 spiro atoms. The van der Waals surface area contributed by atoms with Crippen molar-refractivity contribution < 1.29 is 14.6 Å². The van der Waals surface area contributed by atoms with Gasteiger partial charge in [-0.05, 0) is 62.3 Å². The topological polar surface area (TPSA) is 61.8 Å². The highest BCUT2D eigenvalue weighted by Crippen LogP contribution is 2.34. The van der Waals surface area contributed by atoms with E-state index in [0.29, 0.717) is 19.7 Å². The maximum Gasteiger partial charge on any atom is 0.321 e. The van der Waals surface area contributed by atoms with Gasteiger partial charge in [0.05, 0.1) is 6.61 Å². The van der Waals surface area contributed by atoms with Crippen LogP contribution in [0.4, 0.5) is 10.5 Å². The van der Waals surface area contributed by atoms with E-state index in [2.05, 4.69) is 12.2 Å². The van der Waals surface area contributed by atoms with Gasteiger partial charge in [0.15, 0.2) is 0 Å². The number of carbonyl (C=O) groups is 1. The predicted molar refractivity (Wildman–Crippen MR) is 92.0 cm³/mol. The van der Waals surface area contributed by atoms with Crippen LogP contribution in [0.25, 0.3) is 0 Å². The molecule has 2 N–H and O–H groups in total. The molecule has 1 saturated heterocycles. The first-order valence-corrected chi connectivity index (χ1v) is 8.44. The van der Waals surface area contributed by atoms with Crippen LogP contribution < -0.4 is 10.1 Å². The summed E-state index contributed by atoms with van der Waals surface area (Å²) in [4.78, 5) is 14.3. The van der Waals surface area contributed by atoms with Crippen LogP contribution in [0.3, 0.4) is 0 Å². The molecule has 5 nitrogen and oxygen atoms in total. The van der Waals surface area contributed by atoms with E-state index in [1.54, 1.807) is 0 Å². The van der Waals surface area contributed by atoms with Gasteiger partial charge in [0.25, 0.3) is 0 Å². The summed E-state index contributed by atoms with van der Waals surface area (Å²) in [6, 6.07) is 5.62. The van der Waals surface area contributed by atoms with Crippen molar-refractivity contribution in [1.29, 1.82) is 0 Å². The number of ether oxygens (including phenoxy) is 1. The van der Waals surface area contributed by atoms with Gasteiger partial charge in [-0.1, -0.05) is 6.92 Å². The molecular formula is C18H28N2O3. The Hall–Kier alpha value is -1.75. The average Bonchev–Trinajstić information content (AvgIpc) is 2.57. The standard InChI is InChI=1S/C18H28N2O3/c1-4-18(13-21)8-10-20(11-9-18)17(22)19-16-7-6-15(23-5-2)12-14(16)3/h6-7,12,21H,4-5,8-11,13H2,1-3H3,(H,19,22). The van der Waals surface area contributed by atoms with E-state index in [-0.39, 0.29) is 18.1 Å². The van der Waals surface area contributed by atoms with Gasteiger partial charge in [-0.2, -0.15) is 0 Å². The van der Waals surface area contributed by atoms with Gasteiger partial charge in [0, 0.05) is 25.4 Å². The van der Waals surface area contributed by atoms with Gasteiger partial charge < -0.3 is 20.1 Å². The fraction of sp³-hybridized carbons (Fsp3) is 0.611. The summed E-state index contributed by atoms with van der Waals surface area (Å²) in [7, 11) is 0. The molecule has 0 aromatic heterocycles. The molecule has 0 bridgehead atoms. The largest absolute Gasteiger partial charge is 0.494 e. The van der Waals surface area contributed by atoms with Crippen molar-refractivity contribution in [3.63, 3.8) is 0 Å². The summed E-state index contributed by atoms with van der Waals surface area (Å²) in [6.07, 6.45) is 2.67. The molecule has 0 radical (unpaired) electrons. The number of hydrogen-bond donors (Lipinski definition) is 2. The molecule has 1 fully saturated rings. The quantitative estimate of drug-likeness (QED) is 0.874. The molecule has 0 saturated carbocycles. The van der Waals surface area contributed by atoms with Crippen LogP contribution in [0.2, 0.25) is 0 Å². The summed E-state index contributed by atoms with van der Waals surface area (Å²) < 4.78 is 5.46. The number of anilines is 1. The summed E-state index contributed by atoms with van der Waals surface area (Å²) in [5.41, 5.74) is 1.79. The number of carbonyl (C=O) groups excluding carboxylic acids is 1. The second-order valence-corrected chi connectivity index (χ2v) is 6.34. The van der Waals surface area contributed by atoms with E-state index in [1.807, 2.05) is 36.9 Å². The minimum Gasteiger partial charge on any atom is -0.494 e. The van der Waals surface area contributed by atoms with Gasteiger partial charge in [-0.3, -0.25) is 0 Å². The smallest absolute Gasteiger partial charge is 0.321 e. The molecule has 23 heavy (non-hydrogen) atoms. The van der Waals surface area contributed by atoms with Gasteiger partial charge in [-0.15, -0.1) is 0 Å². The summed E-state index contributed by atoms with van der Waals surface area (Å²) in [6.45, 7) is 8.23. The summed E-state index contributed by atoms with van der Waals surface area (Å²) in [5, 5.41) is 12.6. The molecule has 2 rings (SSSR count). The summed E-state index contributed by atoms with van der Waals surface area (Å²) >= 11 is 0. The average molecular weight is 320 g/mol. The zero-order chi connectivity index (χ0) is 16.9. The van der Waals surface area contributed by atoms with E-state index in [1.165, 1.54) is 0 Å². The number of amides is 2.